The minimum Gasteiger partial charge on any atom is -0.398 e. The number of hydrogen-bond donors (Lipinski definition) is 2. The second-order valence-electron chi connectivity index (χ2n) is 3.82. The molecule has 0 saturated carbocycles. The lowest BCUT2D eigenvalue weighted by molar-refractivity contribution is 0.462. The molecule has 2 nitrogen and oxygen atoms in total. The van der Waals surface area contributed by atoms with Crippen molar-refractivity contribution in [2.75, 3.05) is 18.8 Å². The van der Waals surface area contributed by atoms with Gasteiger partial charge in [0, 0.05) is 16.7 Å². The van der Waals surface area contributed by atoms with Crippen LogP contribution in [0.15, 0.2) is 22.7 Å². The normalized spacial score (nSPS) is 22.2. The molecule has 0 aromatic heterocycles. The highest BCUT2D eigenvalue weighted by atomic mass is 79.9. The SMILES string of the molecule is Nc1cc(Br)ccc1C1CCCNC1. The van der Waals surface area contributed by atoms with Gasteiger partial charge in [-0.3, -0.25) is 0 Å². The molecule has 3 N–H and O–H groups in total. The molecule has 76 valence electrons. The zero-order valence-corrected chi connectivity index (χ0v) is 9.68. The molecule has 14 heavy (non-hydrogen) atoms. The van der Waals surface area contributed by atoms with Crippen LogP contribution >= 0.6 is 15.9 Å². The molecular formula is C11H15BrN2. The van der Waals surface area contributed by atoms with Crippen LogP contribution in [-0.2, 0) is 0 Å². The van der Waals surface area contributed by atoms with Crippen LogP contribution in [0.4, 0.5) is 5.69 Å². The Morgan fingerprint density at radius 3 is 2.93 bits per heavy atom. The molecule has 0 amide bonds. The summed E-state index contributed by atoms with van der Waals surface area (Å²) in [6.07, 6.45) is 2.50. The third-order valence-electron chi connectivity index (χ3n) is 2.79. The molecule has 0 radical (unpaired) electrons. The van der Waals surface area contributed by atoms with Gasteiger partial charge in [-0.1, -0.05) is 22.0 Å². The largest absolute Gasteiger partial charge is 0.398 e. The van der Waals surface area contributed by atoms with E-state index in [0.29, 0.717) is 5.92 Å². The smallest absolute Gasteiger partial charge is 0.0361 e. The van der Waals surface area contributed by atoms with Crippen molar-refractivity contribution in [2.24, 2.45) is 0 Å². The van der Waals surface area contributed by atoms with Crippen molar-refractivity contribution in [3.05, 3.63) is 28.2 Å². The summed E-state index contributed by atoms with van der Waals surface area (Å²) in [5, 5.41) is 3.41. The van der Waals surface area contributed by atoms with Gasteiger partial charge in [-0.2, -0.15) is 0 Å². The number of piperidine rings is 1. The van der Waals surface area contributed by atoms with Crippen LogP contribution in [0.2, 0.25) is 0 Å². The number of nitrogens with one attached hydrogen (secondary N) is 1. The van der Waals surface area contributed by atoms with E-state index in [1.165, 1.54) is 18.4 Å². The van der Waals surface area contributed by atoms with Crippen LogP contribution in [-0.4, -0.2) is 13.1 Å². The Hall–Kier alpha value is -0.540. The first kappa shape index (κ1) is 9.99. The number of nitrogen functional groups attached to an aromatic ring is 1. The molecule has 1 unspecified atom stereocenters. The van der Waals surface area contributed by atoms with E-state index in [9.17, 15) is 0 Å². The Kier molecular flexibility index (Phi) is 3.08. The van der Waals surface area contributed by atoms with E-state index < -0.39 is 0 Å². The van der Waals surface area contributed by atoms with Gasteiger partial charge in [0.25, 0.3) is 0 Å². The van der Waals surface area contributed by atoms with Crippen molar-refractivity contribution in [1.82, 2.24) is 5.32 Å². The van der Waals surface area contributed by atoms with Crippen molar-refractivity contribution >= 4 is 21.6 Å². The second-order valence-corrected chi connectivity index (χ2v) is 4.73. The molecule has 1 aromatic rings. The van der Waals surface area contributed by atoms with Gasteiger partial charge < -0.3 is 11.1 Å². The zero-order chi connectivity index (χ0) is 9.97. The third-order valence-corrected chi connectivity index (χ3v) is 3.28. The van der Waals surface area contributed by atoms with E-state index in [2.05, 4.69) is 33.4 Å². The van der Waals surface area contributed by atoms with E-state index in [1.54, 1.807) is 0 Å². The van der Waals surface area contributed by atoms with E-state index in [4.69, 9.17) is 5.73 Å². The van der Waals surface area contributed by atoms with Crippen molar-refractivity contribution in [3.63, 3.8) is 0 Å². The molecule has 0 aliphatic carbocycles. The number of rotatable bonds is 1. The molecule has 2 rings (SSSR count). The minimum absolute atomic E-state index is 0.594. The number of halogens is 1. The first-order chi connectivity index (χ1) is 6.77. The van der Waals surface area contributed by atoms with E-state index in [1.807, 2.05) is 6.07 Å². The topological polar surface area (TPSA) is 38.0 Å². The van der Waals surface area contributed by atoms with Gasteiger partial charge in [0.2, 0.25) is 0 Å². The Morgan fingerprint density at radius 1 is 1.43 bits per heavy atom. The summed E-state index contributed by atoms with van der Waals surface area (Å²) in [6.45, 7) is 2.21. The molecule has 0 bridgehead atoms. The lowest BCUT2D eigenvalue weighted by Gasteiger charge is -2.24. The van der Waals surface area contributed by atoms with Crippen LogP contribution in [0.1, 0.15) is 24.3 Å². The fraction of sp³-hybridized carbons (Fsp3) is 0.455. The van der Waals surface area contributed by atoms with E-state index >= 15 is 0 Å². The number of anilines is 1. The third kappa shape index (κ3) is 2.10. The molecule has 1 atom stereocenters. The van der Waals surface area contributed by atoms with Crippen LogP contribution in [0.3, 0.4) is 0 Å². The summed E-state index contributed by atoms with van der Waals surface area (Å²) in [4.78, 5) is 0. The lowest BCUT2D eigenvalue weighted by atomic mass is 9.91. The fourth-order valence-corrected chi connectivity index (χ4v) is 2.41. The minimum atomic E-state index is 0.594. The molecule has 1 saturated heterocycles. The highest BCUT2D eigenvalue weighted by Gasteiger charge is 2.16. The quantitative estimate of drug-likeness (QED) is 0.756. The Bertz CT molecular complexity index is 319. The summed E-state index contributed by atoms with van der Waals surface area (Å²) in [6, 6.07) is 6.20. The predicted molar refractivity (Wildman–Crippen MR) is 63.4 cm³/mol. The van der Waals surface area contributed by atoms with Gasteiger partial charge in [0.15, 0.2) is 0 Å². The molecular weight excluding hydrogens is 240 g/mol. The van der Waals surface area contributed by atoms with Crippen LogP contribution in [0.25, 0.3) is 0 Å². The molecule has 1 aliphatic heterocycles. The molecule has 1 aliphatic rings. The maximum absolute atomic E-state index is 5.99. The maximum Gasteiger partial charge on any atom is 0.0361 e. The summed E-state index contributed by atoms with van der Waals surface area (Å²) in [7, 11) is 0. The molecule has 1 fully saturated rings. The molecule has 1 heterocycles. The van der Waals surface area contributed by atoms with Crippen molar-refractivity contribution in [2.45, 2.75) is 18.8 Å². The molecule has 1 aromatic carbocycles. The number of nitrogens with two attached hydrogens (primary N) is 1. The predicted octanol–water partition coefficient (Wildman–Crippen LogP) is 2.50. The Labute approximate surface area is 93.0 Å². The van der Waals surface area contributed by atoms with Crippen LogP contribution < -0.4 is 11.1 Å². The lowest BCUT2D eigenvalue weighted by Crippen LogP contribution is -2.28. The second kappa shape index (κ2) is 4.32. The average Bonchev–Trinajstić information content (AvgIpc) is 2.19. The maximum atomic E-state index is 5.99. The molecule has 3 heteroatoms. The number of hydrogen-bond acceptors (Lipinski definition) is 2. The average molecular weight is 255 g/mol. The highest BCUT2D eigenvalue weighted by molar-refractivity contribution is 9.10. The Balaban J connectivity index is 2.22. The van der Waals surface area contributed by atoms with Crippen molar-refractivity contribution in [1.29, 1.82) is 0 Å². The first-order valence-corrected chi connectivity index (χ1v) is 5.82. The van der Waals surface area contributed by atoms with Gasteiger partial charge in [-0.25, -0.2) is 0 Å². The fourth-order valence-electron chi connectivity index (χ4n) is 2.03. The molecule has 0 spiro atoms. The number of benzene rings is 1. The van der Waals surface area contributed by atoms with Gasteiger partial charge in [0.05, 0.1) is 0 Å². The summed E-state index contributed by atoms with van der Waals surface area (Å²) < 4.78 is 1.06. The van der Waals surface area contributed by atoms with Crippen molar-refractivity contribution in [3.8, 4) is 0 Å². The van der Waals surface area contributed by atoms with Gasteiger partial charge >= 0.3 is 0 Å². The van der Waals surface area contributed by atoms with E-state index in [-0.39, 0.29) is 0 Å². The highest BCUT2D eigenvalue weighted by Crippen LogP contribution is 2.29. The summed E-state index contributed by atoms with van der Waals surface area (Å²) in [5.74, 6) is 0.594. The van der Waals surface area contributed by atoms with Gasteiger partial charge in [-0.15, -0.1) is 0 Å². The standard InChI is InChI=1S/C11H15BrN2/c12-9-3-4-10(11(13)6-9)8-2-1-5-14-7-8/h3-4,6,8,14H,1-2,5,7,13H2. The monoisotopic (exact) mass is 254 g/mol. The summed E-state index contributed by atoms with van der Waals surface area (Å²) in [5.41, 5.74) is 8.20. The van der Waals surface area contributed by atoms with Gasteiger partial charge in [-0.05, 0) is 43.0 Å². The zero-order valence-electron chi connectivity index (χ0n) is 8.09. The van der Waals surface area contributed by atoms with Crippen LogP contribution in [0.5, 0.6) is 0 Å². The van der Waals surface area contributed by atoms with E-state index in [0.717, 1.165) is 23.2 Å². The van der Waals surface area contributed by atoms with Gasteiger partial charge in [0.1, 0.15) is 0 Å². The van der Waals surface area contributed by atoms with Crippen molar-refractivity contribution < 1.29 is 0 Å². The summed E-state index contributed by atoms with van der Waals surface area (Å²) >= 11 is 3.42. The van der Waals surface area contributed by atoms with Crippen LogP contribution in [0, 0.1) is 0 Å². The first-order valence-electron chi connectivity index (χ1n) is 5.03. The Morgan fingerprint density at radius 2 is 2.29 bits per heavy atom.